The lowest BCUT2D eigenvalue weighted by molar-refractivity contribution is -0.140. The van der Waals surface area contributed by atoms with Gasteiger partial charge in [-0.15, -0.1) is 0 Å². The maximum absolute atomic E-state index is 12.7. The Balaban J connectivity index is 2.23. The summed E-state index contributed by atoms with van der Waals surface area (Å²) >= 11 is 6.22. The fraction of sp³-hybridized carbons (Fsp3) is 0.176. The number of aromatic nitrogens is 2. The number of carbonyl (C=O) groups is 1. The third kappa shape index (κ3) is 3.46. The second kappa shape index (κ2) is 6.07. The van der Waals surface area contributed by atoms with Crippen LogP contribution in [0.1, 0.15) is 15.9 Å². The standard InChI is InChI=1S/C17H12ClF3N2O2/c1-9-2-3-11(13(18)4-9)10-5-12(16(24)25)15-14(6-10)22-8-23(15)7-17(19,20)21/h2-6,8H,7H2,1H3,(H,24,25). The second-order valence-electron chi connectivity index (χ2n) is 5.67. The average Bonchev–Trinajstić information content (AvgIpc) is 2.87. The minimum Gasteiger partial charge on any atom is -0.478 e. The van der Waals surface area contributed by atoms with Gasteiger partial charge in [0.25, 0.3) is 0 Å². The lowest BCUT2D eigenvalue weighted by atomic mass is 10.0. The number of benzene rings is 2. The summed E-state index contributed by atoms with van der Waals surface area (Å²) in [5.74, 6) is -1.33. The molecule has 0 radical (unpaired) electrons. The van der Waals surface area contributed by atoms with Gasteiger partial charge in [-0.05, 0) is 36.2 Å². The molecule has 0 spiro atoms. The van der Waals surface area contributed by atoms with Crippen LogP contribution in [0.15, 0.2) is 36.7 Å². The molecule has 0 bridgehead atoms. The number of carboxylic acids is 1. The molecule has 25 heavy (non-hydrogen) atoms. The number of halogens is 4. The molecule has 0 fully saturated rings. The smallest absolute Gasteiger partial charge is 0.406 e. The topological polar surface area (TPSA) is 55.1 Å². The van der Waals surface area contributed by atoms with Crippen molar-refractivity contribution in [3.8, 4) is 11.1 Å². The van der Waals surface area contributed by atoms with Crippen molar-refractivity contribution in [2.24, 2.45) is 0 Å². The first-order valence-corrected chi connectivity index (χ1v) is 7.59. The van der Waals surface area contributed by atoms with Gasteiger partial charge >= 0.3 is 12.1 Å². The predicted octanol–water partition coefficient (Wildman–Crippen LogP) is 4.93. The largest absolute Gasteiger partial charge is 0.478 e. The summed E-state index contributed by atoms with van der Waals surface area (Å²) in [6.45, 7) is 0.550. The van der Waals surface area contributed by atoms with Gasteiger partial charge in [-0.3, -0.25) is 0 Å². The average molecular weight is 369 g/mol. The lowest BCUT2D eigenvalue weighted by Crippen LogP contribution is -2.17. The third-order valence-electron chi connectivity index (χ3n) is 3.73. The maximum Gasteiger partial charge on any atom is 0.406 e. The van der Waals surface area contributed by atoms with Crippen LogP contribution in [-0.4, -0.2) is 26.8 Å². The molecule has 4 nitrogen and oxygen atoms in total. The van der Waals surface area contributed by atoms with Crippen LogP contribution in [0.2, 0.25) is 5.02 Å². The summed E-state index contributed by atoms with van der Waals surface area (Å²) in [4.78, 5) is 15.5. The number of hydrogen-bond donors (Lipinski definition) is 1. The Hall–Kier alpha value is -2.54. The quantitative estimate of drug-likeness (QED) is 0.713. The molecule has 0 atom stereocenters. The molecule has 0 aliphatic heterocycles. The van der Waals surface area contributed by atoms with E-state index in [9.17, 15) is 23.1 Å². The number of hydrogen-bond acceptors (Lipinski definition) is 2. The summed E-state index contributed by atoms with van der Waals surface area (Å²) in [5.41, 5.74) is 1.83. The number of alkyl halides is 3. The summed E-state index contributed by atoms with van der Waals surface area (Å²) in [7, 11) is 0. The minimum atomic E-state index is -4.48. The molecule has 130 valence electrons. The van der Waals surface area contributed by atoms with E-state index in [4.69, 9.17) is 11.6 Å². The fourth-order valence-corrected chi connectivity index (χ4v) is 3.04. The van der Waals surface area contributed by atoms with E-state index in [-0.39, 0.29) is 16.6 Å². The first-order valence-electron chi connectivity index (χ1n) is 7.21. The third-order valence-corrected chi connectivity index (χ3v) is 4.04. The van der Waals surface area contributed by atoms with Crippen LogP contribution in [-0.2, 0) is 6.54 Å². The van der Waals surface area contributed by atoms with Crippen LogP contribution in [0.5, 0.6) is 0 Å². The van der Waals surface area contributed by atoms with Crippen molar-refractivity contribution in [3.05, 3.63) is 52.8 Å². The van der Waals surface area contributed by atoms with E-state index in [1.807, 2.05) is 13.0 Å². The highest BCUT2D eigenvalue weighted by atomic mass is 35.5. The molecule has 1 aromatic heterocycles. The zero-order chi connectivity index (χ0) is 18.4. The van der Waals surface area contributed by atoms with Gasteiger partial charge in [0.1, 0.15) is 6.54 Å². The number of fused-ring (bicyclic) bond motifs is 1. The van der Waals surface area contributed by atoms with Gasteiger partial charge in [-0.25, -0.2) is 9.78 Å². The number of aromatic carboxylic acids is 1. The Bertz CT molecular complexity index is 980. The SMILES string of the molecule is Cc1ccc(-c2cc(C(=O)O)c3c(c2)ncn3CC(F)(F)F)c(Cl)c1. The fourth-order valence-electron chi connectivity index (χ4n) is 2.69. The molecule has 0 aliphatic carbocycles. The van der Waals surface area contributed by atoms with Gasteiger partial charge in [0.2, 0.25) is 0 Å². The minimum absolute atomic E-state index is 0.0724. The molecule has 0 aliphatic rings. The highest BCUT2D eigenvalue weighted by Crippen LogP contribution is 2.33. The number of nitrogens with zero attached hydrogens (tertiary/aromatic N) is 2. The molecule has 3 aromatic rings. The van der Waals surface area contributed by atoms with Crippen LogP contribution >= 0.6 is 11.6 Å². The first kappa shape index (κ1) is 17.3. The van der Waals surface area contributed by atoms with Crippen LogP contribution in [0.3, 0.4) is 0 Å². The van der Waals surface area contributed by atoms with Crippen molar-refractivity contribution in [3.63, 3.8) is 0 Å². The van der Waals surface area contributed by atoms with Crippen molar-refractivity contribution >= 4 is 28.6 Å². The Morgan fingerprint density at radius 2 is 2.00 bits per heavy atom. The first-order chi connectivity index (χ1) is 11.7. The summed E-state index contributed by atoms with van der Waals surface area (Å²) < 4.78 is 38.9. The maximum atomic E-state index is 12.7. The van der Waals surface area contributed by atoms with E-state index in [1.165, 1.54) is 12.1 Å². The molecule has 8 heteroatoms. The second-order valence-corrected chi connectivity index (χ2v) is 6.07. The van der Waals surface area contributed by atoms with E-state index in [2.05, 4.69) is 4.98 Å². The zero-order valence-electron chi connectivity index (χ0n) is 12.9. The molecule has 2 aromatic carbocycles. The molecular formula is C17H12ClF3N2O2. The lowest BCUT2D eigenvalue weighted by Gasteiger charge is -2.11. The van der Waals surface area contributed by atoms with Crippen LogP contribution < -0.4 is 0 Å². The zero-order valence-corrected chi connectivity index (χ0v) is 13.7. The van der Waals surface area contributed by atoms with Crippen molar-refractivity contribution in [1.29, 1.82) is 0 Å². The molecule has 3 rings (SSSR count). The van der Waals surface area contributed by atoms with Crippen LogP contribution in [0.25, 0.3) is 22.2 Å². The van der Waals surface area contributed by atoms with Crippen molar-refractivity contribution in [2.45, 2.75) is 19.6 Å². The van der Waals surface area contributed by atoms with E-state index in [0.29, 0.717) is 16.1 Å². The van der Waals surface area contributed by atoms with Gasteiger partial charge in [-0.2, -0.15) is 13.2 Å². The molecular weight excluding hydrogens is 357 g/mol. The Morgan fingerprint density at radius 1 is 1.28 bits per heavy atom. The van der Waals surface area contributed by atoms with E-state index in [1.54, 1.807) is 12.1 Å². The molecule has 0 amide bonds. The molecule has 0 saturated carbocycles. The van der Waals surface area contributed by atoms with E-state index in [0.717, 1.165) is 16.5 Å². The van der Waals surface area contributed by atoms with Gasteiger partial charge < -0.3 is 9.67 Å². The van der Waals surface area contributed by atoms with Gasteiger partial charge in [0, 0.05) is 10.6 Å². The van der Waals surface area contributed by atoms with E-state index >= 15 is 0 Å². The highest BCUT2D eigenvalue weighted by Gasteiger charge is 2.30. The molecule has 1 heterocycles. The molecule has 1 N–H and O–H groups in total. The highest BCUT2D eigenvalue weighted by molar-refractivity contribution is 6.33. The Labute approximate surface area is 145 Å². The summed E-state index contributed by atoms with van der Waals surface area (Å²) in [6.07, 6.45) is -3.49. The Kier molecular flexibility index (Phi) is 4.20. The summed E-state index contributed by atoms with van der Waals surface area (Å²) in [6, 6.07) is 8.12. The van der Waals surface area contributed by atoms with Gasteiger partial charge in [0.15, 0.2) is 0 Å². The molecule has 0 unspecified atom stereocenters. The normalized spacial score (nSPS) is 11.9. The molecule has 0 saturated heterocycles. The van der Waals surface area contributed by atoms with Crippen molar-refractivity contribution in [2.75, 3.05) is 0 Å². The van der Waals surface area contributed by atoms with Crippen LogP contribution in [0, 0.1) is 6.92 Å². The number of rotatable bonds is 3. The monoisotopic (exact) mass is 368 g/mol. The number of carboxylic acid groups (broad SMARTS) is 1. The van der Waals surface area contributed by atoms with Crippen molar-refractivity contribution < 1.29 is 23.1 Å². The van der Waals surface area contributed by atoms with Gasteiger partial charge in [-0.1, -0.05) is 23.7 Å². The van der Waals surface area contributed by atoms with Crippen molar-refractivity contribution in [1.82, 2.24) is 9.55 Å². The Morgan fingerprint density at radius 3 is 2.60 bits per heavy atom. The van der Waals surface area contributed by atoms with E-state index < -0.39 is 18.7 Å². The number of imidazole rings is 1. The summed E-state index contributed by atoms with van der Waals surface area (Å²) in [5, 5.41) is 9.88. The predicted molar refractivity (Wildman–Crippen MR) is 87.9 cm³/mol. The van der Waals surface area contributed by atoms with Crippen LogP contribution in [0.4, 0.5) is 13.2 Å². The van der Waals surface area contributed by atoms with Gasteiger partial charge in [0.05, 0.1) is 22.9 Å². The number of aryl methyl sites for hydroxylation is 1.